The van der Waals surface area contributed by atoms with Crippen LogP contribution in [0.5, 0.6) is 0 Å². The van der Waals surface area contributed by atoms with E-state index in [-0.39, 0.29) is 17.2 Å². The number of amidine groups is 1. The summed E-state index contributed by atoms with van der Waals surface area (Å²) in [7, 11) is 1.66. The third-order valence-corrected chi connectivity index (χ3v) is 10.6. The number of anilines is 3. The first-order valence-electron chi connectivity index (χ1n) is 15.9. The van der Waals surface area contributed by atoms with Crippen molar-refractivity contribution in [3.05, 3.63) is 93.7 Å². The summed E-state index contributed by atoms with van der Waals surface area (Å²) in [5.41, 5.74) is 4.81. The number of nitrogens with zero attached hydrogens (tertiary/aromatic N) is 5. The lowest BCUT2D eigenvalue weighted by atomic mass is 9.73. The van der Waals surface area contributed by atoms with E-state index in [1.165, 1.54) is 28.5 Å². The van der Waals surface area contributed by atoms with Crippen molar-refractivity contribution in [2.45, 2.75) is 26.2 Å². The van der Waals surface area contributed by atoms with Crippen molar-refractivity contribution < 1.29 is 18.7 Å². The Bertz CT molecular complexity index is 1910. The van der Waals surface area contributed by atoms with Crippen molar-refractivity contribution in [3.8, 4) is 10.4 Å². The molecule has 48 heavy (non-hydrogen) atoms. The second-order valence-corrected chi connectivity index (χ2v) is 13.8. The Morgan fingerprint density at radius 1 is 1.10 bits per heavy atom. The smallest absolute Gasteiger partial charge is 0.259 e. The summed E-state index contributed by atoms with van der Waals surface area (Å²) >= 11 is 1.44. The normalized spacial score (nSPS) is 16.9. The van der Waals surface area contributed by atoms with Gasteiger partial charge in [0.2, 0.25) is 0 Å². The molecular formula is C35H37FN8O3S. The molecular weight excluding hydrogens is 632 g/mol. The topological polar surface area (TPSA) is 142 Å². The number of hydrazine groups is 1. The number of benzene rings is 2. The van der Waals surface area contributed by atoms with E-state index in [4.69, 9.17) is 16.4 Å². The molecule has 11 nitrogen and oxygen atoms in total. The molecule has 7 rings (SSSR count). The molecule has 1 spiro atoms. The number of aryl methyl sites for hydroxylation is 1. The fourth-order valence-electron chi connectivity index (χ4n) is 6.83. The van der Waals surface area contributed by atoms with Gasteiger partial charge in [-0.3, -0.25) is 14.6 Å². The molecule has 0 bridgehead atoms. The van der Waals surface area contributed by atoms with E-state index in [1.807, 2.05) is 19.1 Å². The lowest BCUT2D eigenvalue weighted by Crippen LogP contribution is -2.59. The molecule has 5 heterocycles. The average Bonchev–Trinajstić information content (AvgIpc) is 3.41. The van der Waals surface area contributed by atoms with Gasteiger partial charge in [0.15, 0.2) is 5.84 Å². The molecule has 248 valence electrons. The maximum atomic E-state index is 14.6. The van der Waals surface area contributed by atoms with Crippen LogP contribution in [0.1, 0.15) is 49.6 Å². The van der Waals surface area contributed by atoms with Gasteiger partial charge in [-0.05, 0) is 91.9 Å². The van der Waals surface area contributed by atoms with Crippen molar-refractivity contribution in [1.82, 2.24) is 9.99 Å². The van der Waals surface area contributed by atoms with E-state index in [0.29, 0.717) is 47.1 Å². The van der Waals surface area contributed by atoms with Gasteiger partial charge in [0, 0.05) is 73.2 Å². The van der Waals surface area contributed by atoms with E-state index in [2.05, 4.69) is 20.3 Å². The molecule has 0 aliphatic carbocycles. The van der Waals surface area contributed by atoms with E-state index < -0.39 is 5.82 Å². The largest absolute Gasteiger partial charge is 0.381 e. The van der Waals surface area contributed by atoms with Crippen LogP contribution >= 0.6 is 11.3 Å². The Hall–Kier alpha value is -4.85. The number of pyridine rings is 1. The number of amides is 2. The van der Waals surface area contributed by atoms with Gasteiger partial charge in [0.25, 0.3) is 11.8 Å². The van der Waals surface area contributed by atoms with E-state index in [9.17, 15) is 14.0 Å². The molecule has 3 aliphatic heterocycles. The van der Waals surface area contributed by atoms with Crippen LogP contribution in [0.2, 0.25) is 0 Å². The van der Waals surface area contributed by atoms with Crippen LogP contribution < -0.4 is 26.8 Å². The van der Waals surface area contributed by atoms with Crippen molar-refractivity contribution in [2.24, 2.45) is 22.2 Å². The zero-order valence-corrected chi connectivity index (χ0v) is 27.6. The minimum absolute atomic E-state index is 0.236. The van der Waals surface area contributed by atoms with E-state index in [1.54, 1.807) is 48.5 Å². The first kappa shape index (κ1) is 31.7. The minimum atomic E-state index is -0.443. The number of hydrazone groups is 1. The molecule has 13 heteroatoms. The number of halogens is 1. The molecule has 0 radical (unpaired) electrons. The van der Waals surface area contributed by atoms with Crippen LogP contribution in [-0.2, 0) is 11.2 Å². The standard InChI is InChI=1S/C35H37FN8O3S/c1-21-15-27(31(39-18-21)43-19-35(20-43)10-13-47-14-11-35)33(45)40-25-6-3-22(4-7-25)34(46)44-12-9-23-16-29(32(41-37)42(2)38)48-30(23)26-8-5-24(36)17-28(26)44/h3-8,15-18H,9-14,19-20,37-38H2,1-2H3,(H,40,45)/b41-32-. The fourth-order valence-corrected chi connectivity index (χ4v) is 8.11. The van der Waals surface area contributed by atoms with Gasteiger partial charge in [-0.15, -0.1) is 11.3 Å². The van der Waals surface area contributed by atoms with Gasteiger partial charge in [-0.25, -0.2) is 15.2 Å². The molecule has 0 unspecified atom stereocenters. The lowest BCUT2D eigenvalue weighted by Gasteiger charge is -2.53. The molecule has 2 fully saturated rings. The number of carbonyl (C=O) groups excluding carboxylic acids is 2. The first-order valence-corrected chi connectivity index (χ1v) is 16.7. The van der Waals surface area contributed by atoms with Crippen molar-refractivity contribution in [3.63, 3.8) is 0 Å². The summed E-state index contributed by atoms with van der Waals surface area (Å²) in [4.78, 5) is 37.6. The number of hydrogen-bond acceptors (Lipinski definition) is 9. The summed E-state index contributed by atoms with van der Waals surface area (Å²) in [6, 6.07) is 15.1. The van der Waals surface area contributed by atoms with Crippen LogP contribution in [0.15, 0.2) is 65.9 Å². The number of hydrogen-bond donors (Lipinski definition) is 3. The Labute approximate surface area is 282 Å². The number of nitrogens with one attached hydrogen (secondary N) is 1. The summed E-state index contributed by atoms with van der Waals surface area (Å²) in [6.07, 6.45) is 4.37. The quantitative estimate of drug-likeness (QED) is 0.120. The molecule has 2 saturated heterocycles. The van der Waals surface area contributed by atoms with Crippen molar-refractivity contribution in [1.29, 1.82) is 0 Å². The lowest BCUT2D eigenvalue weighted by molar-refractivity contribution is -0.000510. The monoisotopic (exact) mass is 668 g/mol. The van der Waals surface area contributed by atoms with Crippen molar-refractivity contribution >= 4 is 46.2 Å². The predicted molar refractivity (Wildman–Crippen MR) is 186 cm³/mol. The number of ether oxygens (including phenoxy) is 1. The Morgan fingerprint density at radius 3 is 2.56 bits per heavy atom. The van der Waals surface area contributed by atoms with Crippen LogP contribution in [-0.4, -0.2) is 67.5 Å². The van der Waals surface area contributed by atoms with Gasteiger partial charge in [0.05, 0.1) is 16.1 Å². The molecule has 2 aromatic heterocycles. The molecule has 4 aromatic rings. The van der Waals surface area contributed by atoms with Gasteiger partial charge in [-0.2, -0.15) is 5.10 Å². The summed E-state index contributed by atoms with van der Waals surface area (Å²) in [6.45, 7) is 5.51. The number of nitrogens with two attached hydrogens (primary N) is 2. The molecule has 3 aliphatic rings. The molecule has 0 saturated carbocycles. The molecule has 2 amide bonds. The zero-order valence-electron chi connectivity index (χ0n) is 26.8. The number of rotatable bonds is 5. The van der Waals surface area contributed by atoms with E-state index in [0.717, 1.165) is 65.6 Å². The third kappa shape index (κ3) is 5.89. The second kappa shape index (κ2) is 12.6. The summed E-state index contributed by atoms with van der Waals surface area (Å²) in [5, 5.41) is 8.16. The van der Waals surface area contributed by atoms with Gasteiger partial charge in [0.1, 0.15) is 11.6 Å². The minimum Gasteiger partial charge on any atom is -0.381 e. The highest BCUT2D eigenvalue weighted by molar-refractivity contribution is 7.17. The average molecular weight is 669 g/mol. The predicted octanol–water partition coefficient (Wildman–Crippen LogP) is 4.76. The number of fused-ring (bicyclic) bond motifs is 3. The fraction of sp³-hybridized carbons (Fsp3) is 0.314. The third-order valence-electron chi connectivity index (χ3n) is 9.37. The van der Waals surface area contributed by atoms with Gasteiger partial charge >= 0.3 is 0 Å². The maximum Gasteiger partial charge on any atom is 0.259 e. The molecule has 5 N–H and O–H groups in total. The maximum absolute atomic E-state index is 14.6. The van der Waals surface area contributed by atoms with Crippen LogP contribution in [0.25, 0.3) is 10.4 Å². The van der Waals surface area contributed by atoms with Gasteiger partial charge < -0.3 is 25.7 Å². The summed E-state index contributed by atoms with van der Waals surface area (Å²) < 4.78 is 20.2. The summed E-state index contributed by atoms with van der Waals surface area (Å²) in [5.74, 6) is 11.7. The van der Waals surface area contributed by atoms with Gasteiger partial charge in [-0.1, -0.05) is 0 Å². The van der Waals surface area contributed by atoms with Crippen molar-refractivity contribution in [2.75, 3.05) is 55.0 Å². The highest BCUT2D eigenvalue weighted by atomic mass is 32.1. The Balaban J connectivity index is 1.09. The highest BCUT2D eigenvalue weighted by Crippen LogP contribution is 2.44. The number of thiophene rings is 1. The van der Waals surface area contributed by atoms with Crippen LogP contribution in [0.3, 0.4) is 0 Å². The second-order valence-electron chi connectivity index (χ2n) is 12.8. The first-order chi connectivity index (χ1) is 23.1. The highest BCUT2D eigenvalue weighted by Gasteiger charge is 2.45. The van der Waals surface area contributed by atoms with E-state index >= 15 is 0 Å². The number of carbonyl (C=O) groups is 2. The van der Waals surface area contributed by atoms with Crippen LogP contribution in [0.4, 0.5) is 21.6 Å². The Morgan fingerprint density at radius 2 is 1.85 bits per heavy atom. The molecule has 0 atom stereocenters. The Kier molecular flexibility index (Phi) is 8.36. The number of aromatic nitrogens is 1. The van der Waals surface area contributed by atoms with Crippen LogP contribution in [0, 0.1) is 18.2 Å². The SMILES string of the molecule is Cc1cnc(N2CC3(CCOCC3)C2)c(C(=O)Nc2ccc(C(=O)N3CCc4cc(/C(=N/N)N(C)N)sc4-c4ccc(F)cc43)cc2)c1. The molecule has 2 aromatic carbocycles. The zero-order chi connectivity index (χ0) is 33.6.